The van der Waals surface area contributed by atoms with E-state index in [1.807, 2.05) is 22.6 Å². The van der Waals surface area contributed by atoms with Crippen LogP contribution in [0, 0.1) is 9.39 Å². The highest BCUT2D eigenvalue weighted by molar-refractivity contribution is 14.1. The van der Waals surface area contributed by atoms with Crippen molar-refractivity contribution in [3.8, 4) is 0 Å². The lowest BCUT2D eigenvalue weighted by molar-refractivity contribution is -0.0295. The molecule has 2 rings (SSSR count). The molecule has 4 N–H and O–H groups in total. The number of rotatable bonds is 7. The first-order valence-electron chi connectivity index (χ1n) is 7.03. The average molecular weight is 446 g/mol. The molecule has 0 aromatic heterocycles. The molecular formula is C16H16FIN2O4. The summed E-state index contributed by atoms with van der Waals surface area (Å²) < 4.78 is 14.7. The Bertz CT molecular complexity index is 714. The smallest absolute Gasteiger partial charge is 0.276 e. The normalized spacial score (nSPS) is 11.8. The molecule has 6 nitrogen and oxygen atoms in total. The monoisotopic (exact) mass is 446 g/mol. The lowest BCUT2D eigenvalue weighted by atomic mass is 10.1. The zero-order valence-corrected chi connectivity index (χ0v) is 14.7. The topological polar surface area (TPSA) is 90.8 Å². The number of aliphatic hydroxyl groups is 2. The van der Waals surface area contributed by atoms with Gasteiger partial charge >= 0.3 is 0 Å². The number of halogens is 2. The molecule has 2 aromatic carbocycles. The minimum Gasteiger partial charge on any atom is -0.394 e. The van der Waals surface area contributed by atoms with Gasteiger partial charge in [0, 0.05) is 3.57 Å². The van der Waals surface area contributed by atoms with E-state index in [9.17, 15) is 9.18 Å². The van der Waals surface area contributed by atoms with E-state index in [4.69, 9.17) is 15.1 Å². The fourth-order valence-corrected chi connectivity index (χ4v) is 2.29. The van der Waals surface area contributed by atoms with Crippen molar-refractivity contribution in [2.24, 2.45) is 0 Å². The van der Waals surface area contributed by atoms with Crippen molar-refractivity contribution in [2.45, 2.75) is 6.10 Å². The third-order valence-electron chi connectivity index (χ3n) is 3.02. The summed E-state index contributed by atoms with van der Waals surface area (Å²) in [7, 11) is 0. The van der Waals surface area contributed by atoms with Crippen molar-refractivity contribution in [3.05, 3.63) is 57.4 Å². The zero-order valence-electron chi connectivity index (χ0n) is 12.5. The van der Waals surface area contributed by atoms with E-state index < -0.39 is 24.4 Å². The molecule has 0 saturated heterocycles. The van der Waals surface area contributed by atoms with Gasteiger partial charge in [-0.1, -0.05) is 12.1 Å². The van der Waals surface area contributed by atoms with Crippen molar-refractivity contribution in [1.29, 1.82) is 0 Å². The number of para-hydroxylation sites is 1. The predicted molar refractivity (Wildman–Crippen MR) is 95.4 cm³/mol. The summed E-state index contributed by atoms with van der Waals surface area (Å²) in [6.45, 7) is -0.719. The highest BCUT2D eigenvalue weighted by Crippen LogP contribution is 2.24. The molecule has 0 aliphatic rings. The summed E-state index contributed by atoms with van der Waals surface area (Å²) in [5, 5.41) is 20.7. The Morgan fingerprint density at radius 2 is 2.00 bits per heavy atom. The molecule has 1 amide bonds. The Labute approximate surface area is 151 Å². The largest absolute Gasteiger partial charge is 0.394 e. The van der Waals surface area contributed by atoms with Gasteiger partial charge in [-0.05, 0) is 52.9 Å². The number of benzene rings is 2. The third-order valence-corrected chi connectivity index (χ3v) is 3.69. The van der Waals surface area contributed by atoms with Crippen molar-refractivity contribution >= 4 is 39.9 Å². The maximum atomic E-state index is 14.0. The van der Waals surface area contributed by atoms with Gasteiger partial charge in [-0.25, -0.2) is 9.87 Å². The van der Waals surface area contributed by atoms with Gasteiger partial charge in [-0.3, -0.25) is 9.63 Å². The number of hydrogen-bond acceptors (Lipinski definition) is 5. The van der Waals surface area contributed by atoms with Gasteiger partial charge in [0.15, 0.2) is 0 Å². The van der Waals surface area contributed by atoms with Crippen LogP contribution in [0.15, 0.2) is 42.5 Å². The molecular weight excluding hydrogens is 430 g/mol. The van der Waals surface area contributed by atoms with Gasteiger partial charge in [0.25, 0.3) is 5.91 Å². The number of nitrogens with one attached hydrogen (secondary N) is 2. The number of anilines is 2. The van der Waals surface area contributed by atoms with Crippen LogP contribution in [-0.4, -0.2) is 35.4 Å². The summed E-state index contributed by atoms with van der Waals surface area (Å²) in [4.78, 5) is 17.0. The molecule has 0 saturated carbocycles. The van der Waals surface area contributed by atoms with E-state index >= 15 is 0 Å². The average Bonchev–Trinajstić information content (AvgIpc) is 2.57. The molecule has 24 heavy (non-hydrogen) atoms. The lowest BCUT2D eigenvalue weighted by Crippen LogP contribution is -2.30. The van der Waals surface area contributed by atoms with Crippen molar-refractivity contribution in [1.82, 2.24) is 5.48 Å². The second-order valence-corrected chi connectivity index (χ2v) is 6.12. The first-order chi connectivity index (χ1) is 11.5. The SMILES string of the molecule is O=C(NOC[C@@H](O)CO)c1ccccc1Nc1ccc(I)cc1F. The second kappa shape index (κ2) is 8.92. The van der Waals surface area contributed by atoms with Crippen LogP contribution in [0.25, 0.3) is 0 Å². The quantitative estimate of drug-likeness (QED) is 0.387. The minimum atomic E-state index is -1.08. The van der Waals surface area contributed by atoms with Crippen LogP contribution in [-0.2, 0) is 4.84 Å². The Morgan fingerprint density at radius 3 is 2.71 bits per heavy atom. The first kappa shape index (κ1) is 18.6. The minimum absolute atomic E-state index is 0.243. The third kappa shape index (κ3) is 5.13. The molecule has 0 unspecified atom stereocenters. The van der Waals surface area contributed by atoms with Gasteiger partial charge in [0.2, 0.25) is 0 Å². The number of carbonyl (C=O) groups excluding carboxylic acids is 1. The Hall–Kier alpha value is -1.75. The van der Waals surface area contributed by atoms with E-state index in [2.05, 4.69) is 10.8 Å². The number of hydroxylamine groups is 1. The standard InChI is InChI=1S/C16H16FIN2O4/c17-13-7-10(18)5-6-15(13)19-14-4-2-1-3-12(14)16(23)20-24-9-11(22)8-21/h1-7,11,19,21-22H,8-9H2,(H,20,23)/t11-/m0/s1. The Morgan fingerprint density at radius 1 is 1.25 bits per heavy atom. The number of carbonyl (C=O) groups is 1. The molecule has 0 bridgehead atoms. The molecule has 0 fully saturated rings. The van der Waals surface area contributed by atoms with Crippen LogP contribution in [0.4, 0.5) is 15.8 Å². The van der Waals surface area contributed by atoms with Crippen LogP contribution in [0.3, 0.4) is 0 Å². The number of aliphatic hydroxyl groups excluding tert-OH is 2. The fraction of sp³-hybridized carbons (Fsp3) is 0.188. The summed E-state index contributed by atoms with van der Waals surface area (Å²) in [5.74, 6) is -0.992. The second-order valence-electron chi connectivity index (χ2n) is 4.87. The van der Waals surface area contributed by atoms with Crippen molar-refractivity contribution < 1.29 is 24.2 Å². The molecule has 0 aliphatic heterocycles. The van der Waals surface area contributed by atoms with Gasteiger partial charge < -0.3 is 15.5 Å². The van der Waals surface area contributed by atoms with E-state index in [0.29, 0.717) is 5.69 Å². The summed E-state index contributed by atoms with van der Waals surface area (Å²) in [5.41, 5.74) is 3.06. The zero-order chi connectivity index (χ0) is 17.5. The number of hydrogen-bond donors (Lipinski definition) is 4. The van der Waals surface area contributed by atoms with Gasteiger partial charge in [-0.15, -0.1) is 0 Å². The van der Waals surface area contributed by atoms with Gasteiger partial charge in [0.05, 0.1) is 23.5 Å². The van der Waals surface area contributed by atoms with Crippen LogP contribution in [0.5, 0.6) is 0 Å². The van der Waals surface area contributed by atoms with Crippen molar-refractivity contribution in [3.63, 3.8) is 0 Å². The maximum absolute atomic E-state index is 14.0. The van der Waals surface area contributed by atoms with E-state index in [1.165, 1.54) is 6.07 Å². The molecule has 0 aliphatic carbocycles. The van der Waals surface area contributed by atoms with Gasteiger partial charge in [0.1, 0.15) is 18.5 Å². The summed E-state index contributed by atoms with van der Waals surface area (Å²) in [6, 6.07) is 11.3. The predicted octanol–water partition coefficient (Wildman–Crippen LogP) is 2.19. The molecule has 128 valence electrons. The summed E-state index contributed by atoms with van der Waals surface area (Å²) >= 11 is 2.01. The molecule has 8 heteroatoms. The first-order valence-corrected chi connectivity index (χ1v) is 8.11. The van der Waals surface area contributed by atoms with Crippen LogP contribution in [0.2, 0.25) is 0 Å². The van der Waals surface area contributed by atoms with Gasteiger partial charge in [-0.2, -0.15) is 0 Å². The molecule has 0 heterocycles. The van der Waals surface area contributed by atoms with E-state index in [1.54, 1.807) is 36.4 Å². The highest BCUT2D eigenvalue weighted by Gasteiger charge is 2.13. The maximum Gasteiger partial charge on any atom is 0.276 e. The highest BCUT2D eigenvalue weighted by atomic mass is 127. The molecule has 2 aromatic rings. The van der Waals surface area contributed by atoms with Crippen LogP contribution in [0.1, 0.15) is 10.4 Å². The lowest BCUT2D eigenvalue weighted by Gasteiger charge is -2.13. The van der Waals surface area contributed by atoms with E-state index in [0.717, 1.165) is 3.57 Å². The molecule has 1 atom stereocenters. The van der Waals surface area contributed by atoms with E-state index in [-0.39, 0.29) is 17.9 Å². The fourth-order valence-electron chi connectivity index (χ4n) is 1.84. The Balaban J connectivity index is 2.10. The molecule has 0 radical (unpaired) electrons. The number of amides is 1. The van der Waals surface area contributed by atoms with Crippen LogP contribution >= 0.6 is 22.6 Å². The molecule has 0 spiro atoms. The van der Waals surface area contributed by atoms with Crippen molar-refractivity contribution in [2.75, 3.05) is 18.5 Å². The summed E-state index contributed by atoms with van der Waals surface area (Å²) in [6.07, 6.45) is -1.08. The van der Waals surface area contributed by atoms with Crippen LogP contribution < -0.4 is 10.8 Å². The Kier molecular flexibility index (Phi) is 6.91.